The average Bonchev–Trinajstić information content (AvgIpc) is 3.62. The standard InChI is InChI=1S/C23H32N4O2.2CH2O2/c28-17-23-15-26(12-19(23)13-27(16-23)14-22-24-9-10-25-22)11-18-5-1-4-8-21(18)29-20-6-2-3-7-20;2*2-1-3/h1,4-5,8-10,19-20,28H,2-3,6-7,11-17H2,(H,24,25);2*1H,(H,2,3). The minimum atomic E-state index is -0.250. The van der Waals surface area contributed by atoms with Gasteiger partial charge >= 0.3 is 0 Å². The Bertz CT molecular complexity index is 899. The van der Waals surface area contributed by atoms with Gasteiger partial charge in [0, 0.05) is 56.1 Å². The number of rotatable bonds is 7. The predicted molar refractivity (Wildman–Crippen MR) is 129 cm³/mol. The van der Waals surface area contributed by atoms with Gasteiger partial charge in [-0.3, -0.25) is 19.4 Å². The van der Waals surface area contributed by atoms with Crippen LogP contribution in [0.1, 0.15) is 37.1 Å². The predicted octanol–water partition coefficient (Wildman–Crippen LogP) is 2.06. The van der Waals surface area contributed by atoms with E-state index in [2.05, 4.69) is 44.0 Å². The molecule has 10 nitrogen and oxygen atoms in total. The molecule has 3 aliphatic rings. The summed E-state index contributed by atoms with van der Waals surface area (Å²) < 4.78 is 6.34. The molecule has 192 valence electrons. The van der Waals surface area contributed by atoms with Gasteiger partial charge in [-0.2, -0.15) is 0 Å². The summed E-state index contributed by atoms with van der Waals surface area (Å²) >= 11 is 0. The van der Waals surface area contributed by atoms with Crippen LogP contribution in [0, 0.1) is 11.3 Å². The number of aromatic amines is 1. The van der Waals surface area contributed by atoms with Gasteiger partial charge in [0.15, 0.2) is 0 Å². The van der Waals surface area contributed by atoms with Crippen molar-refractivity contribution < 1.29 is 29.6 Å². The maximum Gasteiger partial charge on any atom is 0.290 e. The van der Waals surface area contributed by atoms with Gasteiger partial charge in [0.1, 0.15) is 11.6 Å². The maximum absolute atomic E-state index is 10.3. The van der Waals surface area contributed by atoms with E-state index >= 15 is 0 Å². The number of hydrogen-bond donors (Lipinski definition) is 4. The molecule has 1 aliphatic carbocycles. The minimum absolute atomic E-state index is 0.0200. The minimum Gasteiger partial charge on any atom is -0.490 e. The molecule has 3 heterocycles. The average molecular weight is 489 g/mol. The number of aliphatic hydroxyl groups excluding tert-OH is 1. The van der Waals surface area contributed by atoms with Gasteiger partial charge in [-0.15, -0.1) is 0 Å². The smallest absolute Gasteiger partial charge is 0.290 e. The molecule has 2 saturated heterocycles. The molecule has 4 N–H and O–H groups in total. The Labute approximate surface area is 205 Å². The summed E-state index contributed by atoms with van der Waals surface area (Å²) in [6, 6.07) is 8.51. The number of ether oxygens (including phenoxy) is 1. The van der Waals surface area contributed by atoms with Gasteiger partial charge in [-0.05, 0) is 37.7 Å². The van der Waals surface area contributed by atoms with Crippen molar-refractivity contribution in [3.8, 4) is 5.75 Å². The first-order chi connectivity index (χ1) is 17.1. The zero-order chi connectivity index (χ0) is 25.1. The molecule has 5 rings (SSSR count). The molecule has 2 unspecified atom stereocenters. The number of hydrogen-bond acceptors (Lipinski definition) is 7. The van der Waals surface area contributed by atoms with E-state index < -0.39 is 0 Å². The largest absolute Gasteiger partial charge is 0.490 e. The van der Waals surface area contributed by atoms with Crippen LogP contribution in [0.15, 0.2) is 36.7 Å². The summed E-state index contributed by atoms with van der Waals surface area (Å²) in [7, 11) is 0. The molecular formula is C25H36N4O6. The van der Waals surface area contributed by atoms with Gasteiger partial charge in [-0.1, -0.05) is 18.2 Å². The number of imidazole rings is 1. The summed E-state index contributed by atoms with van der Waals surface area (Å²) in [5.41, 5.74) is 1.26. The van der Waals surface area contributed by atoms with Crippen molar-refractivity contribution >= 4 is 12.9 Å². The zero-order valence-corrected chi connectivity index (χ0v) is 20.0. The Morgan fingerprint density at radius 3 is 2.26 bits per heavy atom. The number of carbonyl (C=O) groups is 2. The third kappa shape index (κ3) is 7.03. The second-order valence-corrected chi connectivity index (χ2v) is 9.44. The van der Waals surface area contributed by atoms with Crippen LogP contribution in [0.3, 0.4) is 0 Å². The molecule has 0 spiro atoms. The van der Waals surface area contributed by atoms with Crippen LogP contribution in [0.2, 0.25) is 0 Å². The number of aliphatic hydroxyl groups is 1. The maximum atomic E-state index is 10.3. The number of para-hydroxylation sites is 1. The zero-order valence-electron chi connectivity index (χ0n) is 20.0. The van der Waals surface area contributed by atoms with Crippen molar-refractivity contribution in [3.05, 3.63) is 48.0 Å². The first-order valence-electron chi connectivity index (χ1n) is 12.0. The Balaban J connectivity index is 0.000000520. The van der Waals surface area contributed by atoms with Crippen LogP contribution >= 0.6 is 0 Å². The van der Waals surface area contributed by atoms with E-state index in [1.807, 2.05) is 6.20 Å². The van der Waals surface area contributed by atoms with E-state index in [-0.39, 0.29) is 25.0 Å². The molecule has 0 amide bonds. The molecule has 0 bridgehead atoms. The molecule has 2 aromatic rings. The number of likely N-dealkylation sites (tertiary alicyclic amines) is 2. The number of nitrogens with zero attached hydrogens (tertiary/aromatic N) is 3. The van der Waals surface area contributed by atoms with E-state index in [4.69, 9.17) is 24.5 Å². The van der Waals surface area contributed by atoms with Crippen molar-refractivity contribution in [1.82, 2.24) is 19.8 Å². The molecule has 2 atom stereocenters. The van der Waals surface area contributed by atoms with Crippen LogP contribution in [0.5, 0.6) is 5.75 Å². The van der Waals surface area contributed by atoms with Crippen molar-refractivity contribution in [2.24, 2.45) is 11.3 Å². The van der Waals surface area contributed by atoms with Crippen molar-refractivity contribution in [2.75, 3.05) is 32.8 Å². The van der Waals surface area contributed by atoms with Crippen LogP contribution in [-0.4, -0.2) is 86.9 Å². The number of carboxylic acid groups (broad SMARTS) is 2. The first kappa shape index (κ1) is 26.7. The van der Waals surface area contributed by atoms with Gasteiger partial charge < -0.3 is 25.0 Å². The second-order valence-electron chi connectivity index (χ2n) is 9.44. The Morgan fingerprint density at radius 2 is 1.69 bits per heavy atom. The number of nitrogens with one attached hydrogen (secondary N) is 1. The van der Waals surface area contributed by atoms with Crippen LogP contribution in [0.25, 0.3) is 0 Å². The normalized spacial score (nSPS) is 24.1. The molecule has 35 heavy (non-hydrogen) atoms. The lowest BCUT2D eigenvalue weighted by Gasteiger charge is -2.27. The topological polar surface area (TPSA) is 139 Å². The summed E-state index contributed by atoms with van der Waals surface area (Å²) in [5, 5.41) is 24.1. The number of H-pyrrole nitrogens is 1. The highest BCUT2D eigenvalue weighted by molar-refractivity contribution is 5.34. The lowest BCUT2D eigenvalue weighted by Crippen LogP contribution is -2.37. The highest BCUT2D eigenvalue weighted by atomic mass is 16.5. The Morgan fingerprint density at radius 1 is 1.06 bits per heavy atom. The molecule has 1 saturated carbocycles. The van der Waals surface area contributed by atoms with Crippen LogP contribution in [-0.2, 0) is 22.7 Å². The van der Waals surface area contributed by atoms with Crippen molar-refractivity contribution in [3.63, 3.8) is 0 Å². The van der Waals surface area contributed by atoms with E-state index in [0.29, 0.717) is 12.0 Å². The van der Waals surface area contributed by atoms with E-state index in [1.165, 1.54) is 31.2 Å². The molecule has 2 aliphatic heterocycles. The Kier molecular flexibility index (Phi) is 10.1. The molecule has 0 radical (unpaired) electrons. The lowest BCUT2D eigenvalue weighted by molar-refractivity contribution is -0.123. The highest BCUT2D eigenvalue weighted by Crippen LogP contribution is 2.43. The van der Waals surface area contributed by atoms with E-state index in [9.17, 15) is 5.11 Å². The van der Waals surface area contributed by atoms with Gasteiger partial charge in [-0.25, -0.2) is 4.98 Å². The van der Waals surface area contributed by atoms with Gasteiger partial charge in [0.2, 0.25) is 0 Å². The fraction of sp³-hybridized carbons (Fsp3) is 0.560. The SMILES string of the molecule is O=CO.O=CO.OCC12CN(Cc3ncc[nH]3)CC1CN(Cc1ccccc1OC1CCCC1)C2. The molecule has 1 aromatic carbocycles. The molecule has 1 aromatic heterocycles. The monoisotopic (exact) mass is 488 g/mol. The fourth-order valence-corrected chi connectivity index (χ4v) is 5.64. The fourth-order valence-electron chi connectivity index (χ4n) is 5.64. The third-order valence-corrected chi connectivity index (χ3v) is 7.11. The van der Waals surface area contributed by atoms with Gasteiger partial charge in [0.25, 0.3) is 12.9 Å². The summed E-state index contributed by atoms with van der Waals surface area (Å²) in [6.45, 7) is 5.43. The summed E-state index contributed by atoms with van der Waals surface area (Å²) in [5.74, 6) is 2.56. The highest BCUT2D eigenvalue weighted by Gasteiger charge is 2.51. The third-order valence-electron chi connectivity index (χ3n) is 7.11. The lowest BCUT2D eigenvalue weighted by atomic mass is 9.82. The van der Waals surface area contributed by atoms with Gasteiger partial charge in [0.05, 0.1) is 19.3 Å². The first-order valence-corrected chi connectivity index (χ1v) is 12.0. The molecule has 3 fully saturated rings. The number of aromatic nitrogens is 2. The quantitative estimate of drug-likeness (QED) is 0.431. The number of fused-ring (bicyclic) bond motifs is 1. The van der Waals surface area contributed by atoms with Crippen LogP contribution < -0.4 is 4.74 Å². The molecule has 10 heteroatoms. The number of benzene rings is 1. The van der Waals surface area contributed by atoms with Crippen LogP contribution in [0.4, 0.5) is 0 Å². The van der Waals surface area contributed by atoms with E-state index in [0.717, 1.165) is 50.8 Å². The summed E-state index contributed by atoms with van der Waals surface area (Å²) in [6.07, 6.45) is 9.00. The Hall–Kier alpha value is -2.95. The van der Waals surface area contributed by atoms with Crippen molar-refractivity contribution in [1.29, 1.82) is 0 Å². The van der Waals surface area contributed by atoms with Crippen molar-refractivity contribution in [2.45, 2.75) is 44.9 Å². The second kappa shape index (κ2) is 13.2. The molecular weight excluding hydrogens is 452 g/mol. The summed E-state index contributed by atoms with van der Waals surface area (Å²) in [4.78, 5) is 29.2. The van der Waals surface area contributed by atoms with E-state index in [1.54, 1.807) is 6.20 Å².